The van der Waals surface area contributed by atoms with Crippen molar-refractivity contribution >= 4 is 5.97 Å². The zero-order chi connectivity index (χ0) is 13.9. The molecule has 0 aliphatic heterocycles. The van der Waals surface area contributed by atoms with Crippen molar-refractivity contribution in [1.29, 1.82) is 0 Å². The van der Waals surface area contributed by atoms with Crippen molar-refractivity contribution in [1.82, 2.24) is 0 Å². The second-order valence-corrected chi connectivity index (χ2v) is 5.28. The Kier molecular flexibility index (Phi) is 7.95. The molecule has 1 unspecified atom stereocenters. The topological polar surface area (TPSA) is 37.3 Å². The molecule has 0 spiro atoms. The Balaban J connectivity index is 2.27. The van der Waals surface area contributed by atoms with Crippen LogP contribution in [0, 0.1) is 5.92 Å². The molecule has 0 heterocycles. The number of carbonyl (C=O) groups is 1. The van der Waals surface area contributed by atoms with Gasteiger partial charge in [0, 0.05) is 0 Å². The third-order valence-corrected chi connectivity index (χ3v) is 3.58. The van der Waals surface area contributed by atoms with E-state index in [0.29, 0.717) is 6.42 Å². The third kappa shape index (κ3) is 7.00. The van der Waals surface area contributed by atoms with Crippen LogP contribution in [-0.4, -0.2) is 11.1 Å². The number of carboxylic acids is 1. The van der Waals surface area contributed by atoms with E-state index in [2.05, 4.69) is 6.92 Å². The van der Waals surface area contributed by atoms with Gasteiger partial charge < -0.3 is 5.11 Å². The van der Waals surface area contributed by atoms with Crippen LogP contribution in [0.2, 0.25) is 0 Å². The van der Waals surface area contributed by atoms with Crippen LogP contribution in [0.3, 0.4) is 0 Å². The van der Waals surface area contributed by atoms with E-state index in [1.165, 1.54) is 32.1 Å². The van der Waals surface area contributed by atoms with Crippen molar-refractivity contribution in [2.45, 2.75) is 58.3 Å². The fourth-order valence-corrected chi connectivity index (χ4v) is 2.38. The number of aliphatic carboxylic acids is 1. The molecule has 0 saturated carbocycles. The Morgan fingerprint density at radius 3 is 2.32 bits per heavy atom. The molecule has 0 radical (unpaired) electrons. The molecule has 106 valence electrons. The van der Waals surface area contributed by atoms with Gasteiger partial charge in [-0.2, -0.15) is 0 Å². The van der Waals surface area contributed by atoms with Crippen LogP contribution in [0.15, 0.2) is 30.3 Å². The smallest absolute Gasteiger partial charge is 0.306 e. The Bertz CT molecular complexity index is 346. The lowest BCUT2D eigenvalue weighted by Gasteiger charge is -2.12. The molecule has 0 aromatic heterocycles. The largest absolute Gasteiger partial charge is 0.481 e. The van der Waals surface area contributed by atoms with E-state index in [1.807, 2.05) is 30.3 Å². The van der Waals surface area contributed by atoms with Gasteiger partial charge in [0.1, 0.15) is 0 Å². The summed E-state index contributed by atoms with van der Waals surface area (Å²) in [6, 6.07) is 9.93. The molecule has 0 bridgehead atoms. The lowest BCUT2D eigenvalue weighted by molar-refractivity contribution is -0.142. The summed E-state index contributed by atoms with van der Waals surface area (Å²) < 4.78 is 0. The zero-order valence-electron chi connectivity index (χ0n) is 12.0. The van der Waals surface area contributed by atoms with Crippen LogP contribution in [0.5, 0.6) is 0 Å². The molecule has 0 fully saturated rings. The van der Waals surface area contributed by atoms with Crippen molar-refractivity contribution in [3.05, 3.63) is 35.9 Å². The Hall–Kier alpha value is -1.31. The first kappa shape index (κ1) is 15.7. The zero-order valence-corrected chi connectivity index (χ0v) is 12.0. The van der Waals surface area contributed by atoms with E-state index in [9.17, 15) is 9.90 Å². The number of carboxylic acid groups (broad SMARTS) is 1. The van der Waals surface area contributed by atoms with Gasteiger partial charge in [0.15, 0.2) is 0 Å². The molecule has 0 aliphatic rings. The fraction of sp³-hybridized carbons (Fsp3) is 0.588. The maximum atomic E-state index is 11.3. The molecule has 0 aliphatic carbocycles. The minimum Gasteiger partial charge on any atom is -0.481 e. The first-order valence-corrected chi connectivity index (χ1v) is 7.50. The van der Waals surface area contributed by atoms with Crippen molar-refractivity contribution in [3.8, 4) is 0 Å². The fourth-order valence-electron chi connectivity index (χ4n) is 2.38. The van der Waals surface area contributed by atoms with E-state index in [4.69, 9.17) is 0 Å². The minimum absolute atomic E-state index is 0.228. The number of benzene rings is 1. The number of rotatable bonds is 10. The van der Waals surface area contributed by atoms with Crippen molar-refractivity contribution < 1.29 is 9.90 Å². The van der Waals surface area contributed by atoms with Crippen molar-refractivity contribution in [3.63, 3.8) is 0 Å². The third-order valence-electron chi connectivity index (χ3n) is 3.58. The van der Waals surface area contributed by atoms with E-state index in [1.54, 1.807) is 0 Å². The predicted molar refractivity (Wildman–Crippen MR) is 79.3 cm³/mol. The standard InChI is InChI=1S/C17H26O2/c1-2-3-4-5-6-10-13-16(17(18)19)14-15-11-8-7-9-12-15/h7-9,11-12,16H,2-6,10,13-14H2,1H3,(H,18,19). The molecular weight excluding hydrogens is 236 g/mol. The molecule has 1 atom stereocenters. The summed E-state index contributed by atoms with van der Waals surface area (Å²) in [6.07, 6.45) is 8.74. The van der Waals surface area contributed by atoms with Crippen LogP contribution in [0.4, 0.5) is 0 Å². The first-order valence-electron chi connectivity index (χ1n) is 7.50. The first-order chi connectivity index (χ1) is 9.24. The van der Waals surface area contributed by atoms with Crippen LogP contribution in [0.1, 0.15) is 57.4 Å². The predicted octanol–water partition coefficient (Wildman–Crippen LogP) is 4.68. The normalized spacial score (nSPS) is 12.3. The van der Waals surface area contributed by atoms with E-state index >= 15 is 0 Å². The summed E-state index contributed by atoms with van der Waals surface area (Å²) in [5.74, 6) is -0.883. The van der Waals surface area contributed by atoms with E-state index < -0.39 is 5.97 Å². The lowest BCUT2D eigenvalue weighted by atomic mass is 9.93. The molecule has 0 saturated heterocycles. The second kappa shape index (κ2) is 9.60. The number of hydrogen-bond donors (Lipinski definition) is 1. The lowest BCUT2D eigenvalue weighted by Crippen LogP contribution is -2.16. The summed E-state index contributed by atoms with van der Waals surface area (Å²) in [6.45, 7) is 2.21. The Labute approximate surface area is 116 Å². The van der Waals surface area contributed by atoms with Crippen LogP contribution >= 0.6 is 0 Å². The van der Waals surface area contributed by atoms with Gasteiger partial charge in [-0.25, -0.2) is 0 Å². The highest BCUT2D eigenvalue weighted by Crippen LogP contribution is 2.17. The summed E-state index contributed by atoms with van der Waals surface area (Å²) in [5.41, 5.74) is 1.13. The quantitative estimate of drug-likeness (QED) is 0.622. The minimum atomic E-state index is -0.655. The molecule has 2 nitrogen and oxygen atoms in total. The molecule has 19 heavy (non-hydrogen) atoms. The Morgan fingerprint density at radius 2 is 1.68 bits per heavy atom. The molecule has 0 amide bonds. The summed E-state index contributed by atoms with van der Waals surface area (Å²) >= 11 is 0. The maximum absolute atomic E-state index is 11.3. The maximum Gasteiger partial charge on any atom is 0.306 e. The molecule has 1 aromatic carbocycles. The summed E-state index contributed by atoms with van der Waals surface area (Å²) in [4.78, 5) is 11.3. The van der Waals surface area contributed by atoms with Gasteiger partial charge in [-0.05, 0) is 18.4 Å². The average molecular weight is 262 g/mol. The monoisotopic (exact) mass is 262 g/mol. The molecule has 1 aromatic rings. The van der Waals surface area contributed by atoms with E-state index in [0.717, 1.165) is 18.4 Å². The van der Waals surface area contributed by atoms with Gasteiger partial charge in [0.25, 0.3) is 0 Å². The van der Waals surface area contributed by atoms with Gasteiger partial charge in [0.2, 0.25) is 0 Å². The highest BCUT2D eigenvalue weighted by Gasteiger charge is 2.17. The summed E-state index contributed by atoms with van der Waals surface area (Å²) in [5, 5.41) is 9.28. The van der Waals surface area contributed by atoms with Crippen LogP contribution in [-0.2, 0) is 11.2 Å². The van der Waals surface area contributed by atoms with Crippen molar-refractivity contribution in [2.75, 3.05) is 0 Å². The van der Waals surface area contributed by atoms with Gasteiger partial charge >= 0.3 is 5.97 Å². The van der Waals surface area contributed by atoms with Gasteiger partial charge in [-0.3, -0.25) is 4.79 Å². The molecular formula is C17H26O2. The van der Waals surface area contributed by atoms with Gasteiger partial charge in [-0.1, -0.05) is 75.8 Å². The Morgan fingerprint density at radius 1 is 1.05 bits per heavy atom. The molecule has 1 rings (SSSR count). The SMILES string of the molecule is CCCCCCCCC(Cc1ccccc1)C(=O)O. The molecule has 1 N–H and O–H groups in total. The van der Waals surface area contributed by atoms with Crippen LogP contribution in [0.25, 0.3) is 0 Å². The number of hydrogen-bond acceptors (Lipinski definition) is 1. The summed E-state index contributed by atoms with van der Waals surface area (Å²) in [7, 11) is 0. The van der Waals surface area contributed by atoms with E-state index in [-0.39, 0.29) is 5.92 Å². The number of unbranched alkanes of at least 4 members (excludes halogenated alkanes) is 5. The average Bonchev–Trinajstić information content (AvgIpc) is 2.42. The highest BCUT2D eigenvalue weighted by molar-refractivity contribution is 5.70. The molecule has 2 heteroatoms. The highest BCUT2D eigenvalue weighted by atomic mass is 16.4. The van der Waals surface area contributed by atoms with Gasteiger partial charge in [0.05, 0.1) is 5.92 Å². The second-order valence-electron chi connectivity index (χ2n) is 5.28. The van der Waals surface area contributed by atoms with Gasteiger partial charge in [-0.15, -0.1) is 0 Å². The van der Waals surface area contributed by atoms with Crippen LogP contribution < -0.4 is 0 Å². The van der Waals surface area contributed by atoms with Crippen molar-refractivity contribution in [2.24, 2.45) is 5.92 Å².